The van der Waals surface area contributed by atoms with Gasteiger partial charge in [-0.1, -0.05) is 62.0 Å². The van der Waals surface area contributed by atoms with E-state index in [0.717, 1.165) is 46.8 Å². The predicted octanol–water partition coefficient (Wildman–Crippen LogP) is 7.27. The molecule has 224 valence electrons. The van der Waals surface area contributed by atoms with E-state index in [4.69, 9.17) is 0 Å². The summed E-state index contributed by atoms with van der Waals surface area (Å²) in [5.41, 5.74) is 10.6. The van der Waals surface area contributed by atoms with Crippen LogP contribution in [0.1, 0.15) is 55.0 Å². The molecule has 1 unspecified atom stereocenters. The first-order valence-corrected chi connectivity index (χ1v) is 14.8. The number of hydrazine groups is 1. The Hall–Kier alpha value is -4.16. The van der Waals surface area contributed by atoms with Crippen LogP contribution < -0.4 is 15.8 Å². The van der Waals surface area contributed by atoms with E-state index >= 15 is 0 Å². The van der Waals surface area contributed by atoms with Crippen molar-refractivity contribution in [2.75, 3.05) is 17.2 Å². The molecule has 0 spiro atoms. The number of rotatable bonds is 7. The van der Waals surface area contributed by atoms with Crippen molar-refractivity contribution >= 4 is 28.6 Å². The molecule has 43 heavy (non-hydrogen) atoms. The zero-order valence-corrected chi connectivity index (χ0v) is 25.0. The second-order valence-electron chi connectivity index (χ2n) is 10.6. The third-order valence-corrected chi connectivity index (χ3v) is 8.04. The number of amides is 2. The smallest absolute Gasteiger partial charge is 0.320 e. The lowest BCUT2D eigenvalue weighted by Gasteiger charge is -2.23. The summed E-state index contributed by atoms with van der Waals surface area (Å²) in [6.07, 6.45) is -2.94. The van der Waals surface area contributed by atoms with Crippen LogP contribution in [0, 0.1) is 6.92 Å². The average molecular weight is 608 g/mol. The van der Waals surface area contributed by atoms with Crippen molar-refractivity contribution in [3.8, 4) is 17.1 Å². The Bertz CT molecular complexity index is 1620. The zero-order chi connectivity index (χ0) is 30.7. The van der Waals surface area contributed by atoms with Gasteiger partial charge in [0.25, 0.3) is 0 Å². The number of nitrogens with one attached hydrogen (secondary N) is 2. The summed E-state index contributed by atoms with van der Waals surface area (Å²) < 4.78 is 40.0. The maximum absolute atomic E-state index is 12.9. The summed E-state index contributed by atoms with van der Waals surface area (Å²) >= 11 is 1.56. The monoisotopic (exact) mass is 607 g/mol. The zero-order valence-electron chi connectivity index (χ0n) is 24.2. The van der Waals surface area contributed by atoms with Crippen molar-refractivity contribution < 1.29 is 18.0 Å². The molecule has 5 rings (SSSR count). The fourth-order valence-electron chi connectivity index (χ4n) is 4.71. The van der Waals surface area contributed by atoms with Crippen molar-refractivity contribution in [1.29, 1.82) is 0 Å². The number of aromatic nitrogens is 3. The molecular weight excluding hydrogens is 575 g/mol. The number of benzene rings is 3. The number of carbonyl (C=O) groups excluding carboxylic acids is 1. The highest BCUT2D eigenvalue weighted by molar-refractivity contribution is 8.14. The molecule has 1 saturated heterocycles. The molecular formula is C31H32F3N7OS. The summed E-state index contributed by atoms with van der Waals surface area (Å²) in [6.45, 7) is 9.08. The molecule has 2 N–H and O–H groups in total. The summed E-state index contributed by atoms with van der Waals surface area (Å²) in [6, 6.07) is 17.9. The predicted molar refractivity (Wildman–Crippen MR) is 164 cm³/mol. The second kappa shape index (κ2) is 12.6. The van der Waals surface area contributed by atoms with Gasteiger partial charge in [-0.2, -0.15) is 18.2 Å². The number of anilines is 1. The van der Waals surface area contributed by atoms with Gasteiger partial charge in [-0.25, -0.2) is 19.9 Å². The number of aryl methyl sites for hydroxylation is 1. The number of hydrogen-bond donors (Lipinski definition) is 2. The van der Waals surface area contributed by atoms with Gasteiger partial charge in [0.05, 0.1) is 11.3 Å². The first-order chi connectivity index (χ1) is 20.5. The lowest BCUT2D eigenvalue weighted by Crippen LogP contribution is -2.38. The number of halogens is 3. The minimum absolute atomic E-state index is 0.215. The third-order valence-electron chi connectivity index (χ3n) is 7.09. The number of thioether (sulfide) groups is 1. The first-order valence-electron chi connectivity index (χ1n) is 13.8. The Morgan fingerprint density at radius 1 is 1.02 bits per heavy atom. The lowest BCUT2D eigenvalue weighted by molar-refractivity contribution is -0.137. The van der Waals surface area contributed by atoms with Gasteiger partial charge < -0.3 is 4.90 Å². The molecule has 0 radical (unpaired) electrons. The number of amidine groups is 1. The average Bonchev–Trinajstić information content (AvgIpc) is 3.66. The van der Waals surface area contributed by atoms with Gasteiger partial charge in [-0.15, -0.1) is 5.10 Å². The molecule has 12 heteroatoms. The van der Waals surface area contributed by atoms with Crippen LogP contribution in [0.2, 0.25) is 0 Å². The van der Waals surface area contributed by atoms with Gasteiger partial charge in [0, 0.05) is 29.6 Å². The molecule has 0 aliphatic carbocycles. The van der Waals surface area contributed by atoms with Crippen molar-refractivity contribution in [3.05, 3.63) is 95.3 Å². The molecule has 1 fully saturated rings. The SMILES string of the molecule is Cc1ccc(C(C)C)c(N2CCS/C2=N\C(=O)NNC(C)c2ccc(-c3ncn(-c4ccc(C(F)(F)F)cc4)n3)cc2)c1. The normalized spacial score (nSPS) is 15.3. The van der Waals surface area contributed by atoms with Crippen molar-refractivity contribution in [1.82, 2.24) is 25.6 Å². The summed E-state index contributed by atoms with van der Waals surface area (Å²) in [5, 5.41) is 5.08. The lowest BCUT2D eigenvalue weighted by atomic mass is 9.99. The first kappa shape index (κ1) is 30.3. The van der Waals surface area contributed by atoms with Crippen LogP contribution in [-0.4, -0.2) is 38.3 Å². The van der Waals surface area contributed by atoms with Gasteiger partial charge in [-0.05, 0) is 66.8 Å². The topological polar surface area (TPSA) is 87.4 Å². The van der Waals surface area contributed by atoms with E-state index in [0.29, 0.717) is 22.6 Å². The second-order valence-corrected chi connectivity index (χ2v) is 11.6. The van der Waals surface area contributed by atoms with Gasteiger partial charge in [0.15, 0.2) is 11.0 Å². The molecule has 2 heterocycles. The molecule has 1 aromatic heterocycles. The number of carbonyl (C=O) groups is 1. The van der Waals surface area contributed by atoms with E-state index in [9.17, 15) is 18.0 Å². The molecule has 4 aromatic rings. The quantitative estimate of drug-likeness (QED) is 0.215. The molecule has 1 aliphatic heterocycles. The van der Waals surface area contributed by atoms with Crippen molar-refractivity contribution in [2.24, 2.45) is 4.99 Å². The summed E-state index contributed by atoms with van der Waals surface area (Å²) in [5.74, 6) is 1.63. The summed E-state index contributed by atoms with van der Waals surface area (Å²) in [4.78, 5) is 23.5. The maximum Gasteiger partial charge on any atom is 0.416 e. The van der Waals surface area contributed by atoms with E-state index in [1.54, 1.807) is 11.8 Å². The molecule has 0 bridgehead atoms. The Kier molecular flexibility index (Phi) is 8.88. The fraction of sp³-hybridized carbons (Fsp3) is 0.290. The van der Waals surface area contributed by atoms with E-state index in [1.165, 1.54) is 28.7 Å². The van der Waals surface area contributed by atoms with Crippen LogP contribution in [0.4, 0.5) is 23.7 Å². The highest BCUT2D eigenvalue weighted by Gasteiger charge is 2.30. The van der Waals surface area contributed by atoms with Gasteiger partial charge in [0.2, 0.25) is 0 Å². The van der Waals surface area contributed by atoms with Crippen molar-refractivity contribution in [2.45, 2.75) is 45.8 Å². The highest BCUT2D eigenvalue weighted by Crippen LogP contribution is 2.34. The molecule has 1 atom stereocenters. The van der Waals surface area contributed by atoms with Crippen molar-refractivity contribution in [3.63, 3.8) is 0 Å². The number of aliphatic imine (C=N–C) groups is 1. The summed E-state index contributed by atoms with van der Waals surface area (Å²) in [7, 11) is 0. The van der Waals surface area contributed by atoms with Crippen LogP contribution in [0.3, 0.4) is 0 Å². The molecule has 0 saturated carbocycles. The number of hydrogen-bond acceptors (Lipinski definition) is 5. The maximum atomic E-state index is 12.9. The number of nitrogens with zero attached hydrogens (tertiary/aromatic N) is 5. The van der Waals surface area contributed by atoms with E-state index in [1.807, 2.05) is 31.2 Å². The molecule has 3 aromatic carbocycles. The van der Waals surface area contributed by atoms with Gasteiger partial charge in [0.1, 0.15) is 6.33 Å². The fourth-order valence-corrected chi connectivity index (χ4v) is 5.65. The minimum atomic E-state index is -4.40. The van der Waals surface area contributed by atoms with Gasteiger partial charge >= 0.3 is 12.2 Å². The Morgan fingerprint density at radius 3 is 2.42 bits per heavy atom. The Labute approximate surface area is 252 Å². The largest absolute Gasteiger partial charge is 0.416 e. The third kappa shape index (κ3) is 7.08. The van der Waals surface area contributed by atoms with Crippen LogP contribution >= 0.6 is 11.8 Å². The van der Waals surface area contributed by atoms with Crippen LogP contribution in [-0.2, 0) is 6.18 Å². The van der Waals surface area contributed by atoms with Crippen LogP contribution in [0.25, 0.3) is 17.1 Å². The van der Waals surface area contributed by atoms with E-state index in [-0.39, 0.29) is 6.04 Å². The molecule has 1 aliphatic rings. The molecule has 2 amide bonds. The Morgan fingerprint density at radius 2 is 1.74 bits per heavy atom. The van der Waals surface area contributed by atoms with Crippen LogP contribution in [0.15, 0.2) is 78.0 Å². The van der Waals surface area contributed by atoms with E-state index in [2.05, 4.69) is 69.8 Å². The molecule has 8 nitrogen and oxygen atoms in total. The van der Waals surface area contributed by atoms with Crippen LogP contribution in [0.5, 0.6) is 0 Å². The van der Waals surface area contributed by atoms with Gasteiger partial charge in [-0.3, -0.25) is 5.43 Å². The number of urea groups is 1. The highest BCUT2D eigenvalue weighted by atomic mass is 32.2. The standard InChI is InChI=1S/C31H32F3N7OS/c1-19(2)26-14-5-20(3)17-27(26)40-15-16-43-30(40)36-29(42)38-37-21(4)22-6-8-23(9-7-22)28-35-18-41(39-28)25-12-10-24(11-13-25)31(32,33)34/h5-14,17-19,21,37H,15-16H2,1-4H3,(H,38,42)/b36-30-. The van der Waals surface area contributed by atoms with E-state index < -0.39 is 17.8 Å². The minimum Gasteiger partial charge on any atom is -0.320 e. The Balaban J connectivity index is 1.20. The number of alkyl halides is 3.